The van der Waals surface area contributed by atoms with Gasteiger partial charge in [-0.15, -0.1) is 0 Å². The zero-order chi connectivity index (χ0) is 92.5. The number of allylic oxidation sites excluding steroid dienone is 5. The number of hydrogen-bond donors (Lipinski definition) is 8. The molecule has 0 unspecified atom stereocenters. The Balaban J connectivity index is 0.560. The molecule has 4 amide bonds. The molecule has 16 atom stereocenters. The number of oxazole rings is 1. The molecule has 130 heavy (non-hydrogen) atoms. The van der Waals surface area contributed by atoms with Crippen molar-refractivity contribution in [3.05, 3.63) is 125 Å². The summed E-state index contributed by atoms with van der Waals surface area (Å²) in [4.78, 5) is 120. The van der Waals surface area contributed by atoms with Crippen LogP contribution in [0.1, 0.15) is 180 Å². The normalized spacial score (nSPS) is 29.3. The van der Waals surface area contributed by atoms with Crippen LogP contribution in [0.25, 0.3) is 33.4 Å². The van der Waals surface area contributed by atoms with Gasteiger partial charge in [-0.25, -0.2) is 29.4 Å². The zero-order valence-electron chi connectivity index (χ0n) is 76.9. The lowest BCUT2D eigenvalue weighted by Crippen LogP contribution is -2.61. The Morgan fingerprint density at radius 1 is 0.769 bits per heavy atom. The number of aliphatic hydroxyl groups is 4. The largest absolute Gasteiger partial charge is 0.460 e. The van der Waals surface area contributed by atoms with Crippen molar-refractivity contribution in [2.75, 3.05) is 103 Å². The van der Waals surface area contributed by atoms with Crippen molar-refractivity contribution in [2.24, 2.45) is 46.6 Å². The zero-order valence-corrected chi connectivity index (χ0v) is 76.9. The van der Waals surface area contributed by atoms with Gasteiger partial charge in [0, 0.05) is 133 Å². The third-order valence-electron chi connectivity index (χ3n) is 27.6. The summed E-state index contributed by atoms with van der Waals surface area (Å²) < 4.78 is 43.6. The number of hydrogen-bond acceptors (Lipinski definition) is 29. The molecular weight excluding hydrogens is 1670 g/mol. The lowest BCUT2D eigenvalue weighted by Gasteiger charge is -2.43. The molecule has 2 aromatic carbocycles. The highest BCUT2D eigenvalue weighted by atomic mass is 16.6. The number of esters is 1. The summed E-state index contributed by atoms with van der Waals surface area (Å²) in [7, 11) is 4.61. The summed E-state index contributed by atoms with van der Waals surface area (Å²) in [5, 5.41) is 63.6. The van der Waals surface area contributed by atoms with Crippen LogP contribution in [0, 0.1) is 41.4 Å². The number of ether oxygens (including phenoxy) is 6. The Kier molecular flexibility index (Phi) is 34.1. The number of carbonyl (C=O) groups excluding carboxylic acids is 6. The van der Waals surface area contributed by atoms with Gasteiger partial charge in [0.25, 0.3) is 23.6 Å². The Hall–Kier alpha value is -10.0. The monoisotopic (exact) mass is 1800 g/mol. The second-order valence-electron chi connectivity index (χ2n) is 36.9. The molecule has 5 fully saturated rings. The lowest BCUT2D eigenvalue weighted by molar-refractivity contribution is -0.265. The van der Waals surface area contributed by atoms with Crippen LogP contribution in [0.4, 0.5) is 17.8 Å². The molecule has 706 valence electrons. The number of ketones is 1. The van der Waals surface area contributed by atoms with Crippen LogP contribution < -0.4 is 27.0 Å². The number of piperidine rings is 3. The Bertz CT molecular complexity index is 5020. The van der Waals surface area contributed by atoms with E-state index in [1.165, 1.54) is 23.9 Å². The Labute approximate surface area is 760 Å². The van der Waals surface area contributed by atoms with Crippen LogP contribution in [-0.2, 0) is 88.1 Å². The van der Waals surface area contributed by atoms with Crippen molar-refractivity contribution in [3.8, 4) is 11.3 Å². The molecule has 7 aliphatic rings. The highest BCUT2D eigenvalue weighted by molar-refractivity contribution is 6.39. The topological polar surface area (TPSA) is 445 Å². The average molecular weight is 1800 g/mol. The van der Waals surface area contributed by atoms with E-state index in [0.29, 0.717) is 159 Å². The SMILES string of the molecule is CO[C@H]1C[C@@H]2CC[C@@H](C)[C@@](O)(O2)C(=O)C(=O)N2CCCC[C@H]2C(=O)O[C@H]([C@H](C)C[C@@H]2CC[C@@H](O)[C@H](OC)C2)C[C@@H](O)[C@H](C)/C=C(\C)[C@@H](O)[C@@H](OC)/C(=N/OCC(=O)NCc2cnc(N3CCC(N4CCC(C(=O)NCCOCCC(=O)N5CCc6cc(Cn7nc(-c8ccc9oc(N)nc9c8)c8c(N)ncnc87)ccc6C5)CC4)CC3)nc2)[C@H](C)C[C@H](C)/C=C/C=C/C=C/1C. The van der Waals surface area contributed by atoms with Gasteiger partial charge in [0.1, 0.15) is 47.7 Å². The predicted octanol–water partition coefficient (Wildman–Crippen LogP) is 8.83. The van der Waals surface area contributed by atoms with Gasteiger partial charge >= 0.3 is 5.97 Å². The maximum absolute atomic E-state index is 14.8. The minimum Gasteiger partial charge on any atom is -0.460 e. The molecule has 10 heterocycles. The van der Waals surface area contributed by atoms with E-state index < -0.39 is 96.6 Å². The summed E-state index contributed by atoms with van der Waals surface area (Å²) >= 11 is 0. The summed E-state index contributed by atoms with van der Waals surface area (Å²) in [6, 6.07) is 11.1. The van der Waals surface area contributed by atoms with Gasteiger partial charge in [-0.3, -0.25) is 24.0 Å². The number of nitrogens with two attached hydrogens (primary N) is 2. The molecule has 10 N–H and O–H groups in total. The number of nitrogen functional groups attached to an aromatic ring is 2. The molecule has 1 saturated carbocycles. The Morgan fingerprint density at radius 3 is 2.32 bits per heavy atom. The summed E-state index contributed by atoms with van der Waals surface area (Å²) in [5.74, 6) is -7.00. The van der Waals surface area contributed by atoms with E-state index in [2.05, 4.69) is 65.7 Å². The molecular formula is C96H134N16O18. The number of amides is 4. The molecule has 34 heteroatoms. The molecule has 6 aliphatic heterocycles. The highest BCUT2D eigenvalue weighted by Crippen LogP contribution is 2.40. The number of rotatable bonds is 23. The Morgan fingerprint density at radius 2 is 1.55 bits per heavy atom. The van der Waals surface area contributed by atoms with Crippen LogP contribution in [0.3, 0.4) is 0 Å². The molecule has 6 aromatic rings. The van der Waals surface area contributed by atoms with Gasteiger partial charge in [-0.1, -0.05) is 94.4 Å². The maximum atomic E-state index is 14.8. The van der Waals surface area contributed by atoms with Gasteiger partial charge in [0.15, 0.2) is 17.8 Å². The average Bonchev–Trinajstić information content (AvgIpc) is 1.39. The first-order valence-corrected chi connectivity index (χ1v) is 46.5. The van der Waals surface area contributed by atoms with E-state index in [0.717, 1.165) is 74.1 Å². The highest BCUT2D eigenvalue weighted by Gasteiger charge is 2.53. The summed E-state index contributed by atoms with van der Waals surface area (Å²) in [6.07, 6.45) is 19.4. The van der Waals surface area contributed by atoms with Crippen molar-refractivity contribution in [3.63, 3.8) is 0 Å². The van der Waals surface area contributed by atoms with Gasteiger partial charge in [-0.05, 0) is 187 Å². The van der Waals surface area contributed by atoms with E-state index in [-0.39, 0.29) is 98.9 Å². The van der Waals surface area contributed by atoms with Crippen molar-refractivity contribution in [1.82, 2.24) is 60.0 Å². The molecule has 0 radical (unpaired) electrons. The van der Waals surface area contributed by atoms with Gasteiger partial charge in [0.2, 0.25) is 23.5 Å². The maximum Gasteiger partial charge on any atom is 0.329 e. The number of benzene rings is 2. The fourth-order valence-electron chi connectivity index (χ4n) is 19.7. The third-order valence-corrected chi connectivity index (χ3v) is 27.6. The smallest absolute Gasteiger partial charge is 0.329 e. The van der Waals surface area contributed by atoms with Crippen molar-refractivity contribution in [1.29, 1.82) is 0 Å². The number of carbonyl (C=O) groups is 6. The molecule has 34 nitrogen and oxygen atoms in total. The first kappa shape index (κ1) is 97.5. The number of anilines is 3. The number of cyclic esters (lactones) is 1. The summed E-state index contributed by atoms with van der Waals surface area (Å²) in [5.41, 5.74) is 21.0. The van der Waals surface area contributed by atoms with E-state index in [9.17, 15) is 49.2 Å². The van der Waals surface area contributed by atoms with Crippen molar-refractivity contribution < 1.29 is 86.9 Å². The number of aromatic nitrogens is 7. The number of aliphatic hydroxyl groups excluding tert-OH is 3. The fourth-order valence-corrected chi connectivity index (χ4v) is 19.7. The van der Waals surface area contributed by atoms with Crippen LogP contribution in [0.5, 0.6) is 0 Å². The number of oxime groups is 1. The molecule has 1 aliphatic carbocycles. The third kappa shape index (κ3) is 24.5. The number of likely N-dealkylation sites (tertiary alicyclic amines) is 1. The molecule has 2 bridgehead atoms. The first-order valence-electron chi connectivity index (χ1n) is 46.5. The quantitative estimate of drug-likeness (QED) is 0.00975. The van der Waals surface area contributed by atoms with E-state index >= 15 is 0 Å². The minimum absolute atomic E-state index is 0.0201. The standard InChI is InChI=1S/C96H134N16O18/c1-57-16-12-11-13-17-58(2)78(123-8)48-72-24-19-63(7)96(122,130-72)88(118)92(120)111-34-15-14-18-74(111)93(121)128-79(60(4)44-64-21-25-75(113)80(46-64)124-9)49-76(114)59(3)43-62(6)86(117)87(125-10)84(61(5)42-57)107-127-55-81(115)100-50-66-51-101-95(102-52-66)109-38-30-71(31-39-109)108-35-27-67(28-36-108)91(119)99-33-41-126-40-32-82(116)110-37-29-68-45-65(20-22-70(68)54-110)53-112-90-83(89(97)103-56-104-90)85(106-112)69-23-26-77-73(47-69)105-94(98)129-77/h11-13,16-17,20,22-23,26,43,45,47,51-52,56-57,59-61,63-64,67,71-72,74-76,78-80,86-87,113-114,117,122H,14-15,18-19,21,24-25,27-42,44,46,48-50,53-55H2,1-10H3,(H2,98,105)(H,99,119)(H,100,115)(H2,97,103,104)/b13-11+,16-12+,58-17+,62-43+,107-84+/t57-,59-,60-,61-,63-,64+,72+,74+,75-,76-,78+,79+,80-,86-,87+,96-/m1/s1. The molecule has 0 spiro atoms. The van der Waals surface area contributed by atoms with Crippen LogP contribution in [0.15, 0.2) is 112 Å². The van der Waals surface area contributed by atoms with Gasteiger partial charge < -0.3 is 99.8 Å². The van der Waals surface area contributed by atoms with Crippen LogP contribution >= 0.6 is 0 Å². The number of Topliss-reactive ketones (excluding diaryl/α,β-unsaturated/α-hetero) is 1. The van der Waals surface area contributed by atoms with E-state index in [4.69, 9.17) is 64.2 Å². The number of nitrogens with zero attached hydrogens (tertiary/aromatic N) is 12. The predicted molar refractivity (Wildman–Crippen MR) is 488 cm³/mol. The molecule has 13 rings (SSSR count). The summed E-state index contributed by atoms with van der Waals surface area (Å²) in [6.45, 7) is 18.4. The van der Waals surface area contributed by atoms with Crippen molar-refractivity contribution in [2.45, 2.75) is 250 Å². The van der Waals surface area contributed by atoms with Gasteiger partial charge in [-0.2, -0.15) is 10.1 Å². The van der Waals surface area contributed by atoms with Gasteiger partial charge in [0.05, 0.1) is 67.8 Å². The number of fused-ring (bicyclic) bond motifs is 6. The van der Waals surface area contributed by atoms with E-state index in [1.54, 1.807) is 59.5 Å². The first-order chi connectivity index (χ1) is 62.6. The van der Waals surface area contributed by atoms with Crippen LogP contribution in [0.2, 0.25) is 0 Å². The molecule has 4 aromatic heterocycles. The fraction of sp³-hybridized carbons (Fsp3) is 0.615. The number of methoxy groups -OCH3 is 3. The minimum atomic E-state index is -2.47. The number of nitrogens with one attached hydrogen (secondary N) is 2. The second-order valence-corrected chi connectivity index (χ2v) is 36.9. The lowest BCUT2D eigenvalue weighted by atomic mass is 9.78. The van der Waals surface area contributed by atoms with Crippen LogP contribution in [-0.4, -0.2) is 265 Å². The van der Waals surface area contributed by atoms with Crippen molar-refractivity contribution >= 4 is 81.0 Å². The van der Waals surface area contributed by atoms with E-state index in [1.807, 2.05) is 72.9 Å². The second kappa shape index (κ2) is 45.4. The molecule has 4 saturated heterocycles.